The summed E-state index contributed by atoms with van der Waals surface area (Å²) in [5, 5.41) is 14.3. The van der Waals surface area contributed by atoms with Crippen molar-refractivity contribution in [3.05, 3.63) is 36.3 Å². The molecule has 20 heavy (non-hydrogen) atoms. The monoisotopic (exact) mass is 272 g/mol. The standard InChI is InChI=1S/C14H20N6/c1-2-3-4-7-16-14-19-13(11-18-20-14)17-10-12-5-8-15-9-6-12/h5-6,8-9,11H,2-4,7,10H2,1H3,(H2,16,17,19,20). The lowest BCUT2D eigenvalue weighted by molar-refractivity contribution is 0.738. The molecule has 2 aromatic heterocycles. The van der Waals surface area contributed by atoms with Gasteiger partial charge in [0.2, 0.25) is 5.95 Å². The molecule has 0 aromatic carbocycles. The fraction of sp³-hybridized carbons (Fsp3) is 0.429. The summed E-state index contributed by atoms with van der Waals surface area (Å²) in [6.07, 6.45) is 8.70. The Hall–Kier alpha value is -2.24. The van der Waals surface area contributed by atoms with Crippen molar-refractivity contribution in [3.63, 3.8) is 0 Å². The van der Waals surface area contributed by atoms with Crippen LogP contribution in [0.4, 0.5) is 11.8 Å². The van der Waals surface area contributed by atoms with Crippen LogP contribution in [0.25, 0.3) is 0 Å². The van der Waals surface area contributed by atoms with E-state index in [4.69, 9.17) is 0 Å². The Balaban J connectivity index is 1.83. The van der Waals surface area contributed by atoms with E-state index in [1.165, 1.54) is 12.8 Å². The van der Waals surface area contributed by atoms with Crippen LogP contribution in [0.1, 0.15) is 31.7 Å². The smallest absolute Gasteiger partial charge is 0.244 e. The van der Waals surface area contributed by atoms with E-state index in [2.05, 4.69) is 37.7 Å². The van der Waals surface area contributed by atoms with Crippen molar-refractivity contribution in [1.82, 2.24) is 20.2 Å². The summed E-state index contributed by atoms with van der Waals surface area (Å²) < 4.78 is 0. The molecule has 0 aliphatic heterocycles. The number of nitrogens with zero attached hydrogens (tertiary/aromatic N) is 4. The molecule has 0 aliphatic rings. The second kappa shape index (κ2) is 8.04. The number of rotatable bonds is 8. The highest BCUT2D eigenvalue weighted by molar-refractivity contribution is 5.37. The van der Waals surface area contributed by atoms with Gasteiger partial charge in [0.15, 0.2) is 5.82 Å². The van der Waals surface area contributed by atoms with Crippen LogP contribution >= 0.6 is 0 Å². The fourth-order valence-electron chi connectivity index (χ4n) is 1.73. The normalized spacial score (nSPS) is 10.2. The van der Waals surface area contributed by atoms with Crippen molar-refractivity contribution in [1.29, 1.82) is 0 Å². The second-order valence-electron chi connectivity index (χ2n) is 4.51. The third-order valence-corrected chi connectivity index (χ3v) is 2.85. The van der Waals surface area contributed by atoms with E-state index < -0.39 is 0 Å². The summed E-state index contributed by atoms with van der Waals surface area (Å²) >= 11 is 0. The molecule has 0 saturated carbocycles. The van der Waals surface area contributed by atoms with Gasteiger partial charge in [-0.2, -0.15) is 10.1 Å². The van der Waals surface area contributed by atoms with Gasteiger partial charge in [0, 0.05) is 25.5 Å². The topological polar surface area (TPSA) is 75.6 Å². The lowest BCUT2D eigenvalue weighted by atomic mass is 10.2. The molecular formula is C14H20N6. The van der Waals surface area contributed by atoms with Crippen LogP contribution in [0.3, 0.4) is 0 Å². The molecule has 6 nitrogen and oxygen atoms in total. The molecule has 0 bridgehead atoms. The van der Waals surface area contributed by atoms with Crippen LogP contribution in [0, 0.1) is 0 Å². The third kappa shape index (κ3) is 4.79. The number of aromatic nitrogens is 4. The van der Waals surface area contributed by atoms with Crippen molar-refractivity contribution in [2.45, 2.75) is 32.7 Å². The Morgan fingerprint density at radius 3 is 2.75 bits per heavy atom. The molecule has 0 atom stereocenters. The van der Waals surface area contributed by atoms with E-state index in [0.717, 1.165) is 24.3 Å². The Morgan fingerprint density at radius 1 is 1.10 bits per heavy atom. The van der Waals surface area contributed by atoms with E-state index in [1.807, 2.05) is 12.1 Å². The van der Waals surface area contributed by atoms with Gasteiger partial charge in [0.25, 0.3) is 0 Å². The molecular weight excluding hydrogens is 252 g/mol. The summed E-state index contributed by atoms with van der Waals surface area (Å²) in [7, 11) is 0. The number of hydrogen-bond acceptors (Lipinski definition) is 6. The third-order valence-electron chi connectivity index (χ3n) is 2.85. The van der Waals surface area contributed by atoms with Gasteiger partial charge >= 0.3 is 0 Å². The van der Waals surface area contributed by atoms with Crippen LogP contribution in [0.15, 0.2) is 30.7 Å². The predicted molar refractivity (Wildman–Crippen MR) is 79.4 cm³/mol. The lowest BCUT2D eigenvalue weighted by Crippen LogP contribution is -2.09. The van der Waals surface area contributed by atoms with Crippen LogP contribution < -0.4 is 10.6 Å². The van der Waals surface area contributed by atoms with E-state index in [9.17, 15) is 0 Å². The Morgan fingerprint density at radius 2 is 1.95 bits per heavy atom. The fourth-order valence-corrected chi connectivity index (χ4v) is 1.73. The van der Waals surface area contributed by atoms with Gasteiger partial charge in [-0.25, -0.2) is 0 Å². The molecule has 2 N–H and O–H groups in total. The van der Waals surface area contributed by atoms with E-state index in [1.54, 1.807) is 18.6 Å². The van der Waals surface area contributed by atoms with Gasteiger partial charge in [0.05, 0.1) is 6.20 Å². The van der Waals surface area contributed by atoms with Gasteiger partial charge in [-0.1, -0.05) is 19.8 Å². The summed E-state index contributed by atoms with van der Waals surface area (Å²) in [5.74, 6) is 1.29. The number of unbranched alkanes of at least 4 members (excludes halogenated alkanes) is 2. The zero-order chi connectivity index (χ0) is 14.0. The highest BCUT2D eigenvalue weighted by Gasteiger charge is 2.00. The van der Waals surface area contributed by atoms with Crippen LogP contribution in [-0.4, -0.2) is 26.7 Å². The van der Waals surface area contributed by atoms with Crippen molar-refractivity contribution in [2.75, 3.05) is 17.2 Å². The number of hydrogen-bond donors (Lipinski definition) is 2. The molecule has 0 fully saturated rings. The average molecular weight is 272 g/mol. The molecule has 2 rings (SSSR count). The molecule has 2 heterocycles. The number of pyridine rings is 1. The van der Waals surface area contributed by atoms with E-state index in [0.29, 0.717) is 12.5 Å². The first-order valence-electron chi connectivity index (χ1n) is 6.95. The molecule has 0 amide bonds. The molecule has 2 aromatic rings. The summed E-state index contributed by atoms with van der Waals surface area (Å²) in [6.45, 7) is 3.75. The first-order valence-corrected chi connectivity index (χ1v) is 6.95. The highest BCUT2D eigenvalue weighted by Crippen LogP contribution is 2.06. The average Bonchev–Trinajstić information content (AvgIpc) is 2.51. The van der Waals surface area contributed by atoms with Crippen molar-refractivity contribution >= 4 is 11.8 Å². The van der Waals surface area contributed by atoms with E-state index in [-0.39, 0.29) is 0 Å². The minimum atomic E-state index is 0.570. The molecule has 0 aliphatic carbocycles. The minimum Gasteiger partial charge on any atom is -0.365 e. The SMILES string of the molecule is CCCCCNc1nncc(NCc2ccncc2)n1. The molecule has 6 heteroatoms. The van der Waals surface area contributed by atoms with Gasteiger partial charge < -0.3 is 10.6 Å². The molecule has 0 unspecified atom stereocenters. The number of anilines is 2. The summed E-state index contributed by atoms with van der Waals surface area (Å²) in [4.78, 5) is 8.36. The van der Waals surface area contributed by atoms with Gasteiger partial charge in [-0.05, 0) is 24.1 Å². The van der Waals surface area contributed by atoms with Crippen molar-refractivity contribution in [2.24, 2.45) is 0 Å². The quantitative estimate of drug-likeness (QED) is 0.719. The molecule has 0 spiro atoms. The van der Waals surface area contributed by atoms with Crippen LogP contribution in [-0.2, 0) is 6.54 Å². The van der Waals surface area contributed by atoms with Gasteiger partial charge in [0.1, 0.15) is 0 Å². The van der Waals surface area contributed by atoms with Crippen LogP contribution in [0.5, 0.6) is 0 Å². The van der Waals surface area contributed by atoms with Gasteiger partial charge in [-0.3, -0.25) is 4.98 Å². The second-order valence-corrected chi connectivity index (χ2v) is 4.51. The maximum Gasteiger partial charge on any atom is 0.244 e. The molecule has 0 saturated heterocycles. The van der Waals surface area contributed by atoms with Crippen molar-refractivity contribution in [3.8, 4) is 0 Å². The largest absolute Gasteiger partial charge is 0.365 e. The lowest BCUT2D eigenvalue weighted by Gasteiger charge is -2.07. The summed E-state index contributed by atoms with van der Waals surface area (Å²) in [5.41, 5.74) is 1.15. The Kier molecular flexibility index (Phi) is 5.70. The predicted octanol–water partition coefficient (Wildman–Crippen LogP) is 2.48. The maximum atomic E-state index is 4.37. The highest BCUT2D eigenvalue weighted by atomic mass is 15.3. The Bertz CT molecular complexity index is 502. The maximum absolute atomic E-state index is 4.37. The zero-order valence-corrected chi connectivity index (χ0v) is 11.7. The van der Waals surface area contributed by atoms with Gasteiger partial charge in [-0.15, -0.1) is 5.10 Å². The summed E-state index contributed by atoms with van der Waals surface area (Å²) in [6, 6.07) is 3.93. The van der Waals surface area contributed by atoms with E-state index >= 15 is 0 Å². The molecule has 0 radical (unpaired) electrons. The first kappa shape index (κ1) is 14.2. The molecule has 106 valence electrons. The Labute approximate surface area is 119 Å². The van der Waals surface area contributed by atoms with Crippen LogP contribution in [0.2, 0.25) is 0 Å². The number of nitrogens with one attached hydrogen (secondary N) is 2. The zero-order valence-electron chi connectivity index (χ0n) is 11.7. The minimum absolute atomic E-state index is 0.570. The van der Waals surface area contributed by atoms with Crippen molar-refractivity contribution < 1.29 is 0 Å². The first-order chi connectivity index (χ1) is 9.88.